The fourth-order valence-electron chi connectivity index (χ4n) is 1.55. The number of aliphatic hydroxyl groups is 4. The molecule has 1 aliphatic rings. The molecule has 86 valence electrons. The van der Waals surface area contributed by atoms with Gasteiger partial charge in [-0.3, -0.25) is 0 Å². The van der Waals surface area contributed by atoms with Crippen LogP contribution in [0.2, 0.25) is 0 Å². The maximum Gasteiger partial charge on any atom is 0.174 e. The van der Waals surface area contributed by atoms with Crippen molar-refractivity contribution in [3.8, 4) is 0 Å². The van der Waals surface area contributed by atoms with Crippen LogP contribution in [0.5, 0.6) is 0 Å². The molecule has 0 aromatic carbocycles. The van der Waals surface area contributed by atoms with Crippen LogP contribution in [0.15, 0.2) is 5.11 Å². The number of azide groups is 1. The number of nitrogens with zero attached hydrogens (tertiary/aromatic N) is 3. The van der Waals surface area contributed by atoms with Gasteiger partial charge in [0.05, 0.1) is 12.7 Å². The minimum Gasteiger partial charge on any atom is -0.394 e. The van der Waals surface area contributed by atoms with E-state index in [1.807, 2.05) is 0 Å². The van der Waals surface area contributed by atoms with Crippen LogP contribution in [0.4, 0.5) is 0 Å². The molecule has 0 aliphatic carbocycles. The summed E-state index contributed by atoms with van der Waals surface area (Å²) >= 11 is 0. The van der Waals surface area contributed by atoms with Gasteiger partial charge in [-0.05, 0) is 12.5 Å². The molecule has 1 aliphatic heterocycles. The van der Waals surface area contributed by atoms with E-state index in [1.54, 1.807) is 0 Å². The zero-order chi connectivity index (χ0) is 11.6. The summed E-state index contributed by atoms with van der Waals surface area (Å²) < 4.78 is 4.90. The minimum atomic E-state index is -1.92. The normalized spacial score (nSPS) is 45.9. The van der Waals surface area contributed by atoms with E-state index in [9.17, 15) is 15.3 Å². The van der Waals surface area contributed by atoms with Crippen molar-refractivity contribution in [2.75, 3.05) is 6.61 Å². The maximum absolute atomic E-state index is 9.69. The van der Waals surface area contributed by atoms with Crippen molar-refractivity contribution >= 4 is 0 Å². The van der Waals surface area contributed by atoms with Crippen molar-refractivity contribution in [1.82, 2.24) is 0 Å². The van der Waals surface area contributed by atoms with Crippen LogP contribution in [-0.2, 0) is 4.74 Å². The topological polar surface area (TPSA) is 139 Å². The van der Waals surface area contributed by atoms with Gasteiger partial charge in [0.15, 0.2) is 5.79 Å². The Hall–Kier alpha value is -0.890. The lowest BCUT2D eigenvalue weighted by molar-refractivity contribution is -0.305. The molecule has 8 nitrogen and oxygen atoms in total. The molecule has 1 saturated heterocycles. The molecule has 1 rings (SSSR count). The lowest BCUT2D eigenvalue weighted by Gasteiger charge is -2.44. The molecule has 4 N–H and O–H groups in total. The van der Waals surface area contributed by atoms with Gasteiger partial charge < -0.3 is 25.2 Å². The van der Waals surface area contributed by atoms with Crippen LogP contribution in [0.1, 0.15) is 6.92 Å². The van der Waals surface area contributed by atoms with Gasteiger partial charge in [-0.2, -0.15) is 0 Å². The smallest absolute Gasteiger partial charge is 0.174 e. The monoisotopic (exact) mass is 219 g/mol. The van der Waals surface area contributed by atoms with Crippen LogP contribution < -0.4 is 0 Å². The van der Waals surface area contributed by atoms with Crippen molar-refractivity contribution < 1.29 is 25.2 Å². The molecule has 0 unspecified atom stereocenters. The number of hydrogen-bond acceptors (Lipinski definition) is 6. The summed E-state index contributed by atoms with van der Waals surface area (Å²) in [6.45, 7) is 0.626. The highest BCUT2D eigenvalue weighted by Crippen LogP contribution is 2.29. The van der Waals surface area contributed by atoms with Gasteiger partial charge in [0.25, 0.3) is 0 Å². The van der Waals surface area contributed by atoms with E-state index in [2.05, 4.69) is 10.0 Å². The van der Waals surface area contributed by atoms with Crippen molar-refractivity contribution in [2.45, 2.75) is 37.1 Å². The van der Waals surface area contributed by atoms with E-state index >= 15 is 0 Å². The van der Waals surface area contributed by atoms with E-state index in [4.69, 9.17) is 15.4 Å². The molecular weight excluding hydrogens is 206 g/mol. The Morgan fingerprint density at radius 2 is 2.07 bits per heavy atom. The lowest BCUT2D eigenvalue weighted by atomic mass is 9.92. The highest BCUT2D eigenvalue weighted by Gasteiger charge is 2.50. The Labute approximate surface area is 85.3 Å². The van der Waals surface area contributed by atoms with Gasteiger partial charge in [-0.25, -0.2) is 0 Å². The predicted molar refractivity (Wildman–Crippen MR) is 47.5 cm³/mol. The van der Waals surface area contributed by atoms with Gasteiger partial charge in [0.1, 0.15) is 18.2 Å². The first-order valence-electron chi connectivity index (χ1n) is 4.35. The highest BCUT2D eigenvalue weighted by atomic mass is 16.6. The summed E-state index contributed by atoms with van der Waals surface area (Å²) in [5, 5.41) is 40.6. The van der Waals surface area contributed by atoms with E-state index in [-0.39, 0.29) is 0 Å². The van der Waals surface area contributed by atoms with Crippen molar-refractivity contribution in [1.29, 1.82) is 0 Å². The van der Waals surface area contributed by atoms with Crippen LogP contribution in [0.3, 0.4) is 0 Å². The number of aliphatic hydroxyl groups excluding tert-OH is 3. The lowest BCUT2D eigenvalue weighted by Crippen LogP contribution is -2.63. The van der Waals surface area contributed by atoms with Gasteiger partial charge in [0.2, 0.25) is 0 Å². The van der Waals surface area contributed by atoms with E-state index in [0.29, 0.717) is 0 Å². The Kier molecular flexibility index (Phi) is 3.50. The largest absolute Gasteiger partial charge is 0.394 e. The summed E-state index contributed by atoms with van der Waals surface area (Å²) in [7, 11) is 0. The molecule has 0 aromatic rings. The van der Waals surface area contributed by atoms with E-state index in [0.717, 1.165) is 0 Å². The highest BCUT2D eigenvalue weighted by molar-refractivity contribution is 4.98. The zero-order valence-corrected chi connectivity index (χ0v) is 8.06. The summed E-state index contributed by atoms with van der Waals surface area (Å²) in [5.41, 5.74) is 8.23. The summed E-state index contributed by atoms with van der Waals surface area (Å²) in [6.07, 6.45) is -4.01. The third-order valence-electron chi connectivity index (χ3n) is 2.35. The minimum absolute atomic E-state index is 0.558. The quantitative estimate of drug-likeness (QED) is 0.254. The van der Waals surface area contributed by atoms with Crippen molar-refractivity contribution in [3.63, 3.8) is 0 Å². The molecule has 1 heterocycles. The maximum atomic E-state index is 9.69. The second-order valence-electron chi connectivity index (χ2n) is 3.52. The van der Waals surface area contributed by atoms with Crippen molar-refractivity contribution in [2.24, 2.45) is 5.11 Å². The summed E-state index contributed by atoms with van der Waals surface area (Å²) in [6, 6.07) is -1.32. The second-order valence-corrected chi connectivity index (χ2v) is 3.52. The standard InChI is InChI=1S/C7H13N3O5/c1-7(14)6(9-10-8)5(13)4(12)3(2-11)15-7/h3-6,11-14H,2H2,1H3/t3-,4+,5+,6+,7+/m1/s1. The Balaban J connectivity index is 2.95. The van der Waals surface area contributed by atoms with Crippen molar-refractivity contribution in [3.05, 3.63) is 10.4 Å². The molecule has 0 aromatic heterocycles. The van der Waals surface area contributed by atoms with Gasteiger partial charge in [-0.1, -0.05) is 5.11 Å². The molecular formula is C7H13N3O5. The average molecular weight is 219 g/mol. The number of rotatable bonds is 2. The molecule has 5 atom stereocenters. The van der Waals surface area contributed by atoms with Gasteiger partial charge in [-0.15, -0.1) is 0 Å². The van der Waals surface area contributed by atoms with Crippen LogP contribution in [-0.4, -0.2) is 57.2 Å². The number of hydrogen-bond donors (Lipinski definition) is 4. The zero-order valence-electron chi connectivity index (χ0n) is 8.06. The summed E-state index contributed by atoms with van der Waals surface area (Å²) in [5.74, 6) is -1.92. The molecule has 0 bridgehead atoms. The van der Waals surface area contributed by atoms with E-state index in [1.165, 1.54) is 6.92 Å². The average Bonchev–Trinajstić information content (AvgIpc) is 2.18. The Morgan fingerprint density at radius 3 is 2.53 bits per heavy atom. The molecule has 0 saturated carbocycles. The SMILES string of the molecule is C[C@]1(O)O[C@H](CO)[C@H](O)[C@H](O)[C@@H]1N=[N+]=[N-]. The Bertz CT molecular complexity index is 278. The first-order valence-corrected chi connectivity index (χ1v) is 4.35. The predicted octanol–water partition coefficient (Wildman–Crippen LogP) is -1.51. The van der Waals surface area contributed by atoms with Crippen LogP contribution in [0, 0.1) is 0 Å². The third kappa shape index (κ3) is 2.20. The van der Waals surface area contributed by atoms with Gasteiger partial charge >= 0.3 is 0 Å². The molecule has 8 heteroatoms. The molecule has 0 amide bonds. The van der Waals surface area contributed by atoms with Crippen LogP contribution >= 0.6 is 0 Å². The molecule has 15 heavy (non-hydrogen) atoms. The van der Waals surface area contributed by atoms with Crippen LogP contribution in [0.25, 0.3) is 10.4 Å². The molecule has 0 radical (unpaired) electrons. The summed E-state index contributed by atoms with van der Waals surface area (Å²) in [4.78, 5) is 2.44. The van der Waals surface area contributed by atoms with E-state index < -0.39 is 36.7 Å². The first-order chi connectivity index (χ1) is 6.94. The Morgan fingerprint density at radius 1 is 1.47 bits per heavy atom. The number of ether oxygens (including phenoxy) is 1. The van der Waals surface area contributed by atoms with Gasteiger partial charge in [0, 0.05) is 4.91 Å². The molecule has 1 fully saturated rings. The fraction of sp³-hybridized carbons (Fsp3) is 1.00. The fourth-order valence-corrected chi connectivity index (χ4v) is 1.55. The second kappa shape index (κ2) is 4.31. The molecule has 0 spiro atoms. The third-order valence-corrected chi connectivity index (χ3v) is 2.35. The first kappa shape index (κ1) is 12.2.